The molecule has 3 N–H and O–H groups in total. The molecule has 0 aliphatic heterocycles. The van der Waals surface area contributed by atoms with E-state index in [0.717, 1.165) is 24.8 Å². The molecule has 0 bridgehead atoms. The average Bonchev–Trinajstić information content (AvgIpc) is 2.65. The molecule has 0 fully saturated rings. The highest BCUT2D eigenvalue weighted by Crippen LogP contribution is 2.40. The maximum Gasteiger partial charge on any atom is 0.251 e. The minimum absolute atomic E-state index is 0.161. The van der Waals surface area contributed by atoms with Gasteiger partial charge in [0.05, 0.1) is 5.56 Å². The van der Waals surface area contributed by atoms with Gasteiger partial charge >= 0.3 is 0 Å². The Morgan fingerprint density at radius 3 is 2.79 bits per heavy atom. The Hall–Kier alpha value is -1.36. The van der Waals surface area contributed by atoms with E-state index in [1.54, 1.807) is 0 Å². The van der Waals surface area contributed by atoms with Crippen LogP contribution in [0.3, 0.4) is 0 Å². The van der Waals surface area contributed by atoms with E-state index in [1.165, 1.54) is 36.0 Å². The van der Waals surface area contributed by atoms with Crippen LogP contribution in [0.4, 0.5) is 5.00 Å². The van der Waals surface area contributed by atoms with Crippen molar-refractivity contribution in [3.63, 3.8) is 0 Å². The SMILES string of the molecule is CCCC1CCc2c(sc(NC(C)=O)c2C(N)=O)C1. The zero-order valence-corrected chi connectivity index (χ0v) is 12.2. The summed E-state index contributed by atoms with van der Waals surface area (Å²) in [6, 6.07) is 0. The van der Waals surface area contributed by atoms with Gasteiger partial charge in [-0.15, -0.1) is 11.3 Å². The van der Waals surface area contributed by atoms with Crippen LogP contribution < -0.4 is 11.1 Å². The van der Waals surface area contributed by atoms with E-state index >= 15 is 0 Å². The molecule has 0 radical (unpaired) electrons. The van der Waals surface area contributed by atoms with Gasteiger partial charge in [0.2, 0.25) is 5.91 Å². The molecule has 1 aliphatic rings. The highest BCUT2D eigenvalue weighted by Gasteiger charge is 2.27. The van der Waals surface area contributed by atoms with Crippen molar-refractivity contribution in [3.05, 3.63) is 16.0 Å². The third kappa shape index (κ3) is 2.97. The molecular formula is C14H20N2O2S. The zero-order chi connectivity index (χ0) is 14.0. The number of anilines is 1. The van der Waals surface area contributed by atoms with Gasteiger partial charge in [-0.25, -0.2) is 0 Å². The number of carbonyl (C=O) groups excluding carboxylic acids is 2. The van der Waals surface area contributed by atoms with Gasteiger partial charge in [-0.3, -0.25) is 9.59 Å². The summed E-state index contributed by atoms with van der Waals surface area (Å²) in [5.74, 6) is 0.100. The number of fused-ring (bicyclic) bond motifs is 1. The predicted molar refractivity (Wildman–Crippen MR) is 77.6 cm³/mol. The van der Waals surface area contributed by atoms with Crippen molar-refractivity contribution in [2.75, 3.05) is 5.32 Å². The second-order valence-corrected chi connectivity index (χ2v) is 6.26. The maximum absolute atomic E-state index is 11.6. The number of hydrogen-bond donors (Lipinski definition) is 2. The third-order valence-electron chi connectivity index (χ3n) is 3.60. The quantitative estimate of drug-likeness (QED) is 0.890. The van der Waals surface area contributed by atoms with Crippen molar-refractivity contribution in [1.82, 2.24) is 0 Å². The Labute approximate surface area is 117 Å². The number of amides is 2. The van der Waals surface area contributed by atoms with Gasteiger partial charge in [0.1, 0.15) is 5.00 Å². The molecule has 0 spiro atoms. The largest absolute Gasteiger partial charge is 0.365 e. The van der Waals surface area contributed by atoms with E-state index in [1.807, 2.05) is 0 Å². The summed E-state index contributed by atoms with van der Waals surface area (Å²) < 4.78 is 0. The topological polar surface area (TPSA) is 72.2 Å². The van der Waals surface area contributed by atoms with E-state index < -0.39 is 5.91 Å². The Morgan fingerprint density at radius 2 is 2.21 bits per heavy atom. The molecule has 4 nitrogen and oxygen atoms in total. The lowest BCUT2D eigenvalue weighted by Gasteiger charge is -2.21. The van der Waals surface area contributed by atoms with Gasteiger partial charge in [-0.1, -0.05) is 19.8 Å². The minimum atomic E-state index is -0.435. The normalized spacial score (nSPS) is 17.9. The van der Waals surface area contributed by atoms with E-state index in [9.17, 15) is 9.59 Å². The average molecular weight is 280 g/mol. The van der Waals surface area contributed by atoms with Crippen molar-refractivity contribution >= 4 is 28.2 Å². The van der Waals surface area contributed by atoms with Crippen LogP contribution in [0.5, 0.6) is 0 Å². The molecule has 1 unspecified atom stereocenters. The predicted octanol–water partition coefficient (Wildman–Crippen LogP) is 2.71. The molecular weight excluding hydrogens is 260 g/mol. The third-order valence-corrected chi connectivity index (χ3v) is 4.77. The van der Waals surface area contributed by atoms with Gasteiger partial charge in [0.25, 0.3) is 5.91 Å². The fraction of sp³-hybridized carbons (Fsp3) is 0.571. The van der Waals surface area contributed by atoms with Crippen molar-refractivity contribution < 1.29 is 9.59 Å². The molecule has 0 saturated carbocycles. The van der Waals surface area contributed by atoms with Crippen molar-refractivity contribution in [2.45, 2.75) is 46.0 Å². The van der Waals surface area contributed by atoms with E-state index in [2.05, 4.69) is 12.2 Å². The molecule has 104 valence electrons. The lowest BCUT2D eigenvalue weighted by molar-refractivity contribution is -0.114. The number of nitrogens with two attached hydrogens (primary N) is 1. The molecule has 1 atom stereocenters. The lowest BCUT2D eigenvalue weighted by Crippen LogP contribution is -2.19. The summed E-state index contributed by atoms with van der Waals surface area (Å²) in [5, 5.41) is 3.36. The maximum atomic E-state index is 11.6. The molecule has 1 aromatic rings. The van der Waals surface area contributed by atoms with Crippen LogP contribution in [0.25, 0.3) is 0 Å². The summed E-state index contributed by atoms with van der Waals surface area (Å²) in [7, 11) is 0. The number of carbonyl (C=O) groups is 2. The molecule has 2 rings (SSSR count). The zero-order valence-electron chi connectivity index (χ0n) is 11.4. The first-order valence-electron chi connectivity index (χ1n) is 6.74. The number of hydrogen-bond acceptors (Lipinski definition) is 3. The molecule has 5 heteroatoms. The van der Waals surface area contributed by atoms with E-state index in [0.29, 0.717) is 16.5 Å². The van der Waals surface area contributed by atoms with Gasteiger partial charge in [0.15, 0.2) is 0 Å². The standard InChI is InChI=1S/C14H20N2O2S/c1-3-4-9-5-6-10-11(7-9)19-14(16-8(2)17)12(10)13(15)18/h9H,3-7H2,1-2H3,(H2,15,18)(H,16,17). The van der Waals surface area contributed by atoms with Crippen molar-refractivity contribution in [3.8, 4) is 0 Å². The van der Waals surface area contributed by atoms with Crippen LogP contribution in [0.1, 0.15) is 53.9 Å². The molecule has 1 aliphatic carbocycles. The monoisotopic (exact) mass is 280 g/mol. The van der Waals surface area contributed by atoms with E-state index in [4.69, 9.17) is 5.73 Å². The first kappa shape index (κ1) is 14.1. The number of rotatable bonds is 4. The van der Waals surface area contributed by atoms with Gasteiger partial charge in [0, 0.05) is 11.8 Å². The fourth-order valence-corrected chi connectivity index (χ4v) is 4.23. The van der Waals surface area contributed by atoms with Crippen LogP contribution >= 0.6 is 11.3 Å². The number of nitrogens with one attached hydrogen (secondary N) is 1. The molecule has 19 heavy (non-hydrogen) atoms. The summed E-state index contributed by atoms with van der Waals surface area (Å²) in [4.78, 5) is 24.1. The Balaban J connectivity index is 2.33. The molecule has 1 aromatic heterocycles. The van der Waals surface area contributed by atoms with Gasteiger partial charge < -0.3 is 11.1 Å². The lowest BCUT2D eigenvalue weighted by atomic mass is 9.84. The summed E-state index contributed by atoms with van der Waals surface area (Å²) in [6.45, 7) is 3.64. The molecule has 2 amide bonds. The Kier molecular flexibility index (Phi) is 4.24. The Morgan fingerprint density at radius 1 is 1.47 bits per heavy atom. The highest BCUT2D eigenvalue weighted by atomic mass is 32.1. The second kappa shape index (κ2) is 5.74. The van der Waals surface area contributed by atoms with Gasteiger partial charge in [-0.2, -0.15) is 0 Å². The summed E-state index contributed by atoms with van der Waals surface area (Å²) in [5.41, 5.74) is 7.06. The smallest absolute Gasteiger partial charge is 0.251 e. The van der Waals surface area contributed by atoms with Crippen LogP contribution in [0.15, 0.2) is 0 Å². The van der Waals surface area contributed by atoms with Crippen molar-refractivity contribution in [2.24, 2.45) is 11.7 Å². The van der Waals surface area contributed by atoms with E-state index in [-0.39, 0.29) is 5.91 Å². The minimum Gasteiger partial charge on any atom is -0.365 e. The molecule has 0 aromatic carbocycles. The summed E-state index contributed by atoms with van der Waals surface area (Å²) in [6.07, 6.45) is 5.42. The second-order valence-electron chi connectivity index (χ2n) is 5.15. The molecule has 0 saturated heterocycles. The van der Waals surface area contributed by atoms with Gasteiger partial charge in [-0.05, 0) is 30.7 Å². The van der Waals surface area contributed by atoms with Crippen LogP contribution in [-0.2, 0) is 17.6 Å². The van der Waals surface area contributed by atoms with Crippen LogP contribution in [-0.4, -0.2) is 11.8 Å². The summed E-state index contributed by atoms with van der Waals surface area (Å²) >= 11 is 1.52. The first-order chi connectivity index (χ1) is 9.02. The number of primary amides is 1. The van der Waals surface area contributed by atoms with Crippen LogP contribution in [0, 0.1) is 5.92 Å². The fourth-order valence-electron chi connectivity index (χ4n) is 2.82. The molecule has 1 heterocycles. The van der Waals surface area contributed by atoms with Crippen molar-refractivity contribution in [1.29, 1.82) is 0 Å². The Bertz CT molecular complexity index is 508. The number of thiophene rings is 1. The highest BCUT2D eigenvalue weighted by molar-refractivity contribution is 7.17. The van der Waals surface area contributed by atoms with Crippen LogP contribution in [0.2, 0.25) is 0 Å². The first-order valence-corrected chi connectivity index (χ1v) is 7.56.